The van der Waals surface area contributed by atoms with Gasteiger partial charge in [-0.1, -0.05) is 37.3 Å². The Morgan fingerprint density at radius 3 is 2.67 bits per heavy atom. The quantitative estimate of drug-likeness (QED) is 0.753. The van der Waals surface area contributed by atoms with Crippen molar-refractivity contribution in [3.05, 3.63) is 35.9 Å². The Balaban J connectivity index is 2.25. The van der Waals surface area contributed by atoms with E-state index in [1.165, 1.54) is 5.56 Å². The monoisotopic (exact) mass is 206 g/mol. The first kappa shape index (κ1) is 11.7. The zero-order chi connectivity index (χ0) is 11.1. The third-order valence-corrected chi connectivity index (χ3v) is 2.36. The van der Waals surface area contributed by atoms with Crippen LogP contribution in [0.4, 0.5) is 0 Å². The molecule has 1 amide bonds. The molecule has 3 N–H and O–H groups in total. The smallest absolute Gasteiger partial charge is 0.224 e. The molecule has 0 aromatic heterocycles. The molecule has 0 aliphatic carbocycles. The first-order valence-corrected chi connectivity index (χ1v) is 5.25. The first-order chi connectivity index (χ1) is 7.24. The summed E-state index contributed by atoms with van der Waals surface area (Å²) in [6.45, 7) is 2.90. The maximum Gasteiger partial charge on any atom is 0.224 e. The molecule has 1 unspecified atom stereocenters. The number of benzene rings is 1. The van der Waals surface area contributed by atoms with Gasteiger partial charge in [0.05, 0.1) is 0 Å². The minimum Gasteiger partial charge on any atom is -0.355 e. The van der Waals surface area contributed by atoms with Crippen molar-refractivity contribution < 1.29 is 4.79 Å². The molecule has 82 valence electrons. The van der Waals surface area contributed by atoms with Crippen LogP contribution in [0.15, 0.2) is 30.3 Å². The number of carbonyl (C=O) groups excluding carboxylic acids is 1. The van der Waals surface area contributed by atoms with E-state index in [4.69, 9.17) is 5.73 Å². The molecule has 0 bridgehead atoms. The van der Waals surface area contributed by atoms with Crippen molar-refractivity contribution in [2.75, 3.05) is 13.1 Å². The predicted octanol–water partition coefficient (Wildman–Crippen LogP) is 0.940. The van der Waals surface area contributed by atoms with Crippen LogP contribution in [0.2, 0.25) is 0 Å². The summed E-state index contributed by atoms with van der Waals surface area (Å²) < 4.78 is 0. The Labute approximate surface area is 90.7 Å². The highest BCUT2D eigenvalue weighted by Crippen LogP contribution is 1.98. The van der Waals surface area contributed by atoms with Crippen LogP contribution in [0.25, 0.3) is 0 Å². The molecule has 1 rings (SSSR count). The van der Waals surface area contributed by atoms with Crippen LogP contribution < -0.4 is 11.1 Å². The van der Waals surface area contributed by atoms with Crippen LogP contribution in [-0.4, -0.2) is 19.0 Å². The fourth-order valence-electron chi connectivity index (χ4n) is 1.26. The van der Waals surface area contributed by atoms with Gasteiger partial charge < -0.3 is 11.1 Å². The second-order valence-corrected chi connectivity index (χ2v) is 3.66. The maximum absolute atomic E-state index is 11.4. The SMILES string of the molecule is CC(CN)C(=O)NCCc1ccccc1. The summed E-state index contributed by atoms with van der Waals surface area (Å²) in [6.07, 6.45) is 0.865. The number of nitrogens with one attached hydrogen (secondary N) is 1. The lowest BCUT2D eigenvalue weighted by Crippen LogP contribution is -2.34. The van der Waals surface area contributed by atoms with Crippen molar-refractivity contribution in [3.63, 3.8) is 0 Å². The van der Waals surface area contributed by atoms with Gasteiger partial charge in [0.25, 0.3) is 0 Å². The molecule has 3 heteroatoms. The summed E-state index contributed by atoms with van der Waals surface area (Å²) in [7, 11) is 0. The Morgan fingerprint density at radius 1 is 1.40 bits per heavy atom. The number of amides is 1. The van der Waals surface area contributed by atoms with Gasteiger partial charge in [0.1, 0.15) is 0 Å². The summed E-state index contributed by atoms with van der Waals surface area (Å²) in [4.78, 5) is 11.4. The van der Waals surface area contributed by atoms with Crippen molar-refractivity contribution in [2.45, 2.75) is 13.3 Å². The second kappa shape index (κ2) is 6.19. The van der Waals surface area contributed by atoms with E-state index in [1.54, 1.807) is 0 Å². The highest BCUT2D eigenvalue weighted by atomic mass is 16.1. The Bertz CT molecular complexity index is 298. The zero-order valence-corrected chi connectivity index (χ0v) is 9.07. The molecule has 0 spiro atoms. The molecular formula is C12H18N2O. The van der Waals surface area contributed by atoms with E-state index in [9.17, 15) is 4.79 Å². The number of carbonyl (C=O) groups is 1. The molecule has 1 aromatic rings. The van der Waals surface area contributed by atoms with E-state index < -0.39 is 0 Å². The number of rotatable bonds is 5. The third kappa shape index (κ3) is 4.13. The highest BCUT2D eigenvalue weighted by Gasteiger charge is 2.08. The van der Waals surface area contributed by atoms with Crippen molar-refractivity contribution in [1.82, 2.24) is 5.32 Å². The summed E-state index contributed by atoms with van der Waals surface area (Å²) >= 11 is 0. The van der Waals surface area contributed by atoms with E-state index in [0.29, 0.717) is 13.1 Å². The Morgan fingerprint density at radius 2 is 2.07 bits per heavy atom. The van der Waals surface area contributed by atoms with E-state index in [0.717, 1.165) is 6.42 Å². The molecule has 0 saturated heterocycles. The Hall–Kier alpha value is -1.35. The van der Waals surface area contributed by atoms with Gasteiger partial charge in [0, 0.05) is 19.0 Å². The fourth-order valence-corrected chi connectivity index (χ4v) is 1.26. The lowest BCUT2D eigenvalue weighted by molar-refractivity contribution is -0.124. The molecule has 0 aliphatic rings. The van der Waals surface area contributed by atoms with Gasteiger partial charge in [-0.2, -0.15) is 0 Å². The van der Waals surface area contributed by atoms with Crippen molar-refractivity contribution >= 4 is 5.91 Å². The number of nitrogens with two attached hydrogens (primary N) is 1. The fraction of sp³-hybridized carbons (Fsp3) is 0.417. The molecule has 1 atom stereocenters. The molecule has 0 radical (unpaired) electrons. The lowest BCUT2D eigenvalue weighted by Gasteiger charge is -2.09. The largest absolute Gasteiger partial charge is 0.355 e. The van der Waals surface area contributed by atoms with Crippen LogP contribution in [0.5, 0.6) is 0 Å². The molecule has 1 aromatic carbocycles. The minimum absolute atomic E-state index is 0.0356. The predicted molar refractivity (Wildman–Crippen MR) is 61.4 cm³/mol. The van der Waals surface area contributed by atoms with Crippen LogP contribution >= 0.6 is 0 Å². The summed E-state index contributed by atoms with van der Waals surface area (Å²) in [5.74, 6) is -0.0609. The van der Waals surface area contributed by atoms with Crippen LogP contribution in [0.3, 0.4) is 0 Å². The van der Waals surface area contributed by atoms with Gasteiger partial charge in [0.2, 0.25) is 5.91 Å². The van der Waals surface area contributed by atoms with Crippen molar-refractivity contribution in [3.8, 4) is 0 Å². The highest BCUT2D eigenvalue weighted by molar-refractivity contribution is 5.78. The van der Waals surface area contributed by atoms with E-state index >= 15 is 0 Å². The summed E-state index contributed by atoms with van der Waals surface area (Å²) in [6, 6.07) is 10.1. The van der Waals surface area contributed by atoms with Gasteiger partial charge in [-0.3, -0.25) is 4.79 Å². The van der Waals surface area contributed by atoms with Crippen molar-refractivity contribution in [2.24, 2.45) is 11.7 Å². The third-order valence-electron chi connectivity index (χ3n) is 2.36. The van der Waals surface area contributed by atoms with E-state index in [2.05, 4.69) is 17.4 Å². The van der Waals surface area contributed by atoms with Crippen LogP contribution in [-0.2, 0) is 11.2 Å². The minimum atomic E-state index is -0.0965. The lowest BCUT2D eigenvalue weighted by atomic mass is 10.1. The molecule has 15 heavy (non-hydrogen) atoms. The first-order valence-electron chi connectivity index (χ1n) is 5.25. The van der Waals surface area contributed by atoms with E-state index in [1.807, 2.05) is 25.1 Å². The molecule has 0 saturated carbocycles. The van der Waals surface area contributed by atoms with Gasteiger partial charge in [0.15, 0.2) is 0 Å². The van der Waals surface area contributed by atoms with Crippen LogP contribution in [0.1, 0.15) is 12.5 Å². The average Bonchev–Trinajstić information content (AvgIpc) is 2.29. The van der Waals surface area contributed by atoms with Crippen molar-refractivity contribution in [1.29, 1.82) is 0 Å². The van der Waals surface area contributed by atoms with Gasteiger partial charge in [-0.15, -0.1) is 0 Å². The molecular weight excluding hydrogens is 188 g/mol. The normalized spacial score (nSPS) is 12.1. The number of hydrogen-bond acceptors (Lipinski definition) is 2. The van der Waals surface area contributed by atoms with Gasteiger partial charge in [-0.05, 0) is 12.0 Å². The topological polar surface area (TPSA) is 55.1 Å². The number of hydrogen-bond donors (Lipinski definition) is 2. The van der Waals surface area contributed by atoms with Gasteiger partial charge >= 0.3 is 0 Å². The molecule has 0 heterocycles. The average molecular weight is 206 g/mol. The summed E-state index contributed by atoms with van der Waals surface area (Å²) in [5.41, 5.74) is 6.63. The molecule has 3 nitrogen and oxygen atoms in total. The molecule has 0 aliphatic heterocycles. The second-order valence-electron chi connectivity index (χ2n) is 3.66. The standard InChI is InChI=1S/C12H18N2O/c1-10(9-13)12(15)14-8-7-11-5-3-2-4-6-11/h2-6,10H,7-9,13H2,1H3,(H,14,15). The summed E-state index contributed by atoms with van der Waals surface area (Å²) in [5, 5.41) is 2.86. The van der Waals surface area contributed by atoms with Gasteiger partial charge in [-0.25, -0.2) is 0 Å². The maximum atomic E-state index is 11.4. The molecule has 0 fully saturated rings. The zero-order valence-electron chi connectivity index (χ0n) is 9.07. The van der Waals surface area contributed by atoms with E-state index in [-0.39, 0.29) is 11.8 Å². The Kier molecular flexibility index (Phi) is 4.84. The van der Waals surface area contributed by atoms with Crippen LogP contribution in [0, 0.1) is 5.92 Å².